The molecule has 0 amide bonds. The highest BCUT2D eigenvalue weighted by Gasteiger charge is 2.33. The van der Waals surface area contributed by atoms with Gasteiger partial charge in [0, 0.05) is 9.50 Å². The number of allylic oxidation sites excluding steroid dienone is 1. The number of carbonyl (C=O) groups is 1. The van der Waals surface area contributed by atoms with Crippen LogP contribution >= 0.6 is 38.9 Å². The Morgan fingerprint density at radius 2 is 2.00 bits per heavy atom. The maximum Gasteiger partial charge on any atom is 0.338 e. The fraction of sp³-hybridized carbons (Fsp3) is 0.136. The van der Waals surface area contributed by atoms with E-state index < -0.39 is 12.0 Å². The van der Waals surface area contributed by atoms with Gasteiger partial charge in [-0.05, 0) is 48.4 Å². The number of halogens is 2. The van der Waals surface area contributed by atoms with Crippen molar-refractivity contribution in [1.29, 1.82) is 0 Å². The summed E-state index contributed by atoms with van der Waals surface area (Å²) in [6.07, 6.45) is 1.80. The molecule has 0 fully saturated rings. The van der Waals surface area contributed by atoms with Gasteiger partial charge in [-0.15, -0.1) is 0 Å². The van der Waals surface area contributed by atoms with Crippen LogP contribution in [0.2, 0.25) is 5.02 Å². The van der Waals surface area contributed by atoms with Gasteiger partial charge in [-0.2, -0.15) is 0 Å². The molecule has 0 saturated carbocycles. The number of aromatic nitrogens is 1. The number of hydrogen-bond acceptors (Lipinski definition) is 5. The highest BCUT2D eigenvalue weighted by molar-refractivity contribution is 9.10. The summed E-state index contributed by atoms with van der Waals surface area (Å²) in [6, 6.07) is 14.1. The molecule has 1 atom stereocenters. The minimum Gasteiger partial charge on any atom is -0.466 e. The number of methoxy groups -OCH3 is 1. The third kappa shape index (κ3) is 3.80. The quantitative estimate of drug-likeness (QED) is 0.511. The molecule has 0 aliphatic carbocycles. The molecule has 30 heavy (non-hydrogen) atoms. The molecular formula is C22H16BrClN2O3S. The minimum absolute atomic E-state index is 0.215. The molecule has 0 N–H and O–H groups in total. The summed E-state index contributed by atoms with van der Waals surface area (Å²) in [5.41, 5.74) is 2.31. The first-order valence-corrected chi connectivity index (χ1v) is 11.0. The summed E-state index contributed by atoms with van der Waals surface area (Å²) in [7, 11) is 1.33. The largest absolute Gasteiger partial charge is 0.466 e. The van der Waals surface area contributed by atoms with E-state index in [1.165, 1.54) is 18.4 Å². The summed E-state index contributed by atoms with van der Waals surface area (Å²) >= 11 is 10.7. The van der Waals surface area contributed by atoms with E-state index >= 15 is 0 Å². The van der Waals surface area contributed by atoms with Gasteiger partial charge in [-0.3, -0.25) is 9.36 Å². The monoisotopic (exact) mass is 502 g/mol. The third-order valence-corrected chi connectivity index (χ3v) is 6.49. The van der Waals surface area contributed by atoms with Crippen molar-refractivity contribution >= 4 is 50.9 Å². The van der Waals surface area contributed by atoms with Crippen LogP contribution in [0.4, 0.5) is 0 Å². The maximum absolute atomic E-state index is 13.4. The van der Waals surface area contributed by atoms with E-state index in [9.17, 15) is 9.59 Å². The Balaban J connectivity index is 1.98. The van der Waals surface area contributed by atoms with E-state index in [0.29, 0.717) is 25.6 Å². The number of ether oxygens (including phenoxy) is 1. The van der Waals surface area contributed by atoms with E-state index in [1.807, 2.05) is 36.4 Å². The lowest BCUT2D eigenvalue weighted by Gasteiger charge is -2.24. The lowest BCUT2D eigenvalue weighted by Crippen LogP contribution is -2.39. The first-order valence-electron chi connectivity index (χ1n) is 9.01. The molecule has 1 aliphatic rings. The molecule has 152 valence electrons. The number of carbonyl (C=O) groups excluding carboxylic acids is 1. The average molecular weight is 504 g/mol. The summed E-state index contributed by atoms with van der Waals surface area (Å²) in [5.74, 6) is -0.506. The van der Waals surface area contributed by atoms with Gasteiger partial charge in [-0.25, -0.2) is 9.79 Å². The van der Waals surface area contributed by atoms with Gasteiger partial charge in [0.1, 0.15) is 0 Å². The van der Waals surface area contributed by atoms with Crippen molar-refractivity contribution in [2.45, 2.75) is 13.0 Å². The van der Waals surface area contributed by atoms with Crippen LogP contribution in [0.3, 0.4) is 0 Å². The smallest absolute Gasteiger partial charge is 0.338 e. The Hall–Kier alpha value is -2.48. The molecule has 8 heteroatoms. The Morgan fingerprint density at radius 1 is 1.27 bits per heavy atom. The standard InChI is InChI=1S/C22H16BrClN2O3S/c1-12-18(21(28)29-2)19(14-4-3-5-15(23)11-14)26-20(27)17(30-22(26)25-12)10-13-6-8-16(24)9-7-13/h3-11,19H,1-2H3. The fourth-order valence-corrected chi connectivity index (χ4v) is 4.98. The first-order chi connectivity index (χ1) is 14.4. The second kappa shape index (κ2) is 8.34. The number of nitrogens with zero attached hydrogens (tertiary/aromatic N) is 2. The number of benzene rings is 2. The molecule has 2 heterocycles. The van der Waals surface area contributed by atoms with Crippen LogP contribution < -0.4 is 14.9 Å². The molecule has 5 nitrogen and oxygen atoms in total. The molecule has 1 aliphatic heterocycles. The molecule has 1 aromatic heterocycles. The van der Waals surface area contributed by atoms with E-state index in [2.05, 4.69) is 20.9 Å². The lowest BCUT2D eigenvalue weighted by molar-refractivity contribution is -0.136. The van der Waals surface area contributed by atoms with Gasteiger partial charge in [0.25, 0.3) is 5.56 Å². The molecule has 4 rings (SSSR count). The van der Waals surface area contributed by atoms with Crippen LogP contribution in [0.15, 0.2) is 74.1 Å². The third-order valence-electron chi connectivity index (χ3n) is 4.76. The van der Waals surface area contributed by atoms with Gasteiger partial charge in [0.05, 0.1) is 29.0 Å². The van der Waals surface area contributed by atoms with Gasteiger partial charge in [0.15, 0.2) is 4.80 Å². The Bertz CT molecular complexity index is 1360. The normalized spacial score (nSPS) is 16.3. The van der Waals surface area contributed by atoms with E-state index in [-0.39, 0.29) is 5.56 Å². The Labute approximate surface area is 189 Å². The first kappa shape index (κ1) is 20.8. The number of fused-ring (bicyclic) bond motifs is 1. The fourth-order valence-electron chi connectivity index (χ4n) is 3.40. The topological polar surface area (TPSA) is 60.7 Å². The number of hydrogen-bond donors (Lipinski definition) is 0. The number of thiazole rings is 1. The van der Waals surface area contributed by atoms with Crippen molar-refractivity contribution in [3.05, 3.63) is 100 Å². The van der Waals surface area contributed by atoms with Crippen molar-refractivity contribution < 1.29 is 9.53 Å². The molecule has 3 aromatic rings. The van der Waals surface area contributed by atoms with E-state index in [1.54, 1.807) is 29.7 Å². The molecule has 0 spiro atoms. The van der Waals surface area contributed by atoms with Crippen LogP contribution in [0.1, 0.15) is 24.1 Å². The van der Waals surface area contributed by atoms with Crippen LogP contribution in [0.25, 0.3) is 6.08 Å². The van der Waals surface area contributed by atoms with Crippen molar-refractivity contribution in [2.75, 3.05) is 7.11 Å². The van der Waals surface area contributed by atoms with Crippen LogP contribution in [0.5, 0.6) is 0 Å². The summed E-state index contributed by atoms with van der Waals surface area (Å²) in [6.45, 7) is 1.76. The molecule has 0 radical (unpaired) electrons. The Kier molecular flexibility index (Phi) is 5.77. The Morgan fingerprint density at radius 3 is 2.67 bits per heavy atom. The van der Waals surface area contributed by atoms with Crippen molar-refractivity contribution in [2.24, 2.45) is 4.99 Å². The van der Waals surface area contributed by atoms with E-state index in [4.69, 9.17) is 16.3 Å². The predicted molar refractivity (Wildman–Crippen MR) is 121 cm³/mol. The zero-order chi connectivity index (χ0) is 21.4. The average Bonchev–Trinajstić information content (AvgIpc) is 3.03. The van der Waals surface area contributed by atoms with Crippen molar-refractivity contribution in [3.8, 4) is 0 Å². The number of esters is 1. The van der Waals surface area contributed by atoms with Gasteiger partial charge >= 0.3 is 5.97 Å². The van der Waals surface area contributed by atoms with Crippen molar-refractivity contribution in [1.82, 2.24) is 4.57 Å². The maximum atomic E-state index is 13.4. The van der Waals surface area contributed by atoms with Crippen LogP contribution in [-0.4, -0.2) is 17.6 Å². The van der Waals surface area contributed by atoms with Crippen LogP contribution in [0, 0.1) is 0 Å². The molecule has 2 aromatic carbocycles. The van der Waals surface area contributed by atoms with Gasteiger partial charge in [0.2, 0.25) is 0 Å². The molecule has 1 unspecified atom stereocenters. The highest BCUT2D eigenvalue weighted by atomic mass is 79.9. The second-order valence-electron chi connectivity index (χ2n) is 6.68. The molecule has 0 bridgehead atoms. The van der Waals surface area contributed by atoms with Crippen molar-refractivity contribution in [3.63, 3.8) is 0 Å². The lowest BCUT2D eigenvalue weighted by atomic mass is 9.96. The zero-order valence-electron chi connectivity index (χ0n) is 16.1. The summed E-state index contributed by atoms with van der Waals surface area (Å²) < 4.78 is 7.95. The van der Waals surface area contributed by atoms with Gasteiger partial charge < -0.3 is 4.74 Å². The molecular weight excluding hydrogens is 488 g/mol. The van der Waals surface area contributed by atoms with E-state index in [0.717, 1.165) is 15.6 Å². The zero-order valence-corrected chi connectivity index (χ0v) is 19.2. The second-order valence-corrected chi connectivity index (χ2v) is 9.04. The highest BCUT2D eigenvalue weighted by Crippen LogP contribution is 2.31. The van der Waals surface area contributed by atoms with Gasteiger partial charge in [-0.1, -0.05) is 63.1 Å². The summed E-state index contributed by atoms with van der Waals surface area (Å²) in [5, 5.41) is 0.626. The van der Waals surface area contributed by atoms with Crippen LogP contribution in [-0.2, 0) is 9.53 Å². The summed E-state index contributed by atoms with van der Waals surface area (Å²) in [4.78, 5) is 31.1. The molecule has 0 saturated heterocycles. The number of rotatable bonds is 3. The SMILES string of the molecule is COC(=O)C1=C(C)N=c2sc(=Cc3ccc(Cl)cc3)c(=O)n2C1c1cccc(Br)c1. The minimum atomic E-state index is -0.626. The predicted octanol–water partition coefficient (Wildman–Crippen LogP) is 3.82.